The van der Waals surface area contributed by atoms with Crippen molar-refractivity contribution in [3.05, 3.63) is 12.2 Å². The van der Waals surface area contributed by atoms with Gasteiger partial charge in [0.15, 0.2) is 6.10 Å². The number of esters is 2. The number of carbonyl (C=O) groups excluding carboxylic acids is 2. The molecule has 0 spiro atoms. The van der Waals surface area contributed by atoms with Crippen LogP contribution in [0.25, 0.3) is 0 Å². The summed E-state index contributed by atoms with van der Waals surface area (Å²) in [5.74, 6) is -0.803. The van der Waals surface area contributed by atoms with Gasteiger partial charge in [0.2, 0.25) is 0 Å². The lowest BCUT2D eigenvalue weighted by Crippen LogP contribution is -2.37. The van der Waals surface area contributed by atoms with Gasteiger partial charge in [0, 0.05) is 12.8 Å². The molecule has 9 nitrogen and oxygen atoms in total. The van der Waals surface area contributed by atoms with Crippen molar-refractivity contribution < 1.29 is 42.1 Å². The molecule has 0 rings (SSSR count). The number of allylic oxidation sites excluding steroid dienone is 2. The molecule has 0 radical (unpaired) electrons. The maximum atomic E-state index is 12.9. The van der Waals surface area contributed by atoms with Crippen LogP contribution in [-0.2, 0) is 32.7 Å². The highest BCUT2D eigenvalue weighted by Gasteiger charge is 2.22. The Morgan fingerprint density at radius 1 is 0.341 bits per heavy atom. The van der Waals surface area contributed by atoms with Crippen LogP contribution in [0.1, 0.15) is 425 Å². The van der Waals surface area contributed by atoms with Crippen molar-refractivity contribution in [3.8, 4) is 0 Å². The molecule has 10 heteroatoms. The molecule has 2 atom stereocenters. The van der Waals surface area contributed by atoms with Crippen molar-refractivity contribution in [1.29, 1.82) is 0 Å². The number of hydrogen-bond donors (Lipinski definition) is 0. The number of rotatable bonds is 75. The zero-order chi connectivity index (χ0) is 64.1. The number of phosphoric ester groups is 1. The summed E-state index contributed by atoms with van der Waals surface area (Å²) in [6.07, 6.45) is 87.7. The summed E-state index contributed by atoms with van der Waals surface area (Å²) in [6, 6.07) is 0. The Morgan fingerprint density at radius 3 is 0.841 bits per heavy atom. The molecule has 0 aromatic rings. The zero-order valence-corrected chi connectivity index (χ0v) is 60.9. The van der Waals surface area contributed by atoms with Crippen molar-refractivity contribution in [2.75, 3.05) is 47.5 Å². The fraction of sp³-hybridized carbons (Fsp3) is 0.949. The second kappa shape index (κ2) is 70.1. The average Bonchev–Trinajstić information content (AvgIpc) is 3.68. The predicted octanol–water partition coefficient (Wildman–Crippen LogP) is 25.2. The quantitative estimate of drug-likeness (QED) is 0.0195. The molecule has 88 heavy (non-hydrogen) atoms. The number of likely N-dealkylation sites (N-methyl/N-ethyl adjacent to an activating group) is 1. The lowest BCUT2D eigenvalue weighted by molar-refractivity contribution is -0.870. The minimum atomic E-state index is -4.64. The normalized spacial score (nSPS) is 13.0. The van der Waals surface area contributed by atoms with Crippen molar-refractivity contribution in [2.24, 2.45) is 0 Å². The first-order valence-corrected chi connectivity index (χ1v) is 40.9. The Balaban J connectivity index is 3.91. The maximum absolute atomic E-state index is 12.9. The van der Waals surface area contributed by atoms with E-state index in [9.17, 15) is 19.0 Å². The molecule has 0 saturated heterocycles. The van der Waals surface area contributed by atoms with Crippen LogP contribution >= 0.6 is 7.82 Å². The number of unbranched alkanes of at least 4 members (excludes halogenated alkanes) is 59. The molecule has 0 amide bonds. The standard InChI is InChI=1S/C78H154NO8P/c1-6-8-10-12-14-16-18-20-22-24-26-28-30-32-34-36-38-39-41-42-44-46-48-50-52-54-56-58-60-62-64-66-68-70-77(80)84-74-76(75-86-88(82,83)85-73-72-79(3,4)5)87-78(81)71-69-67-65-63-61-59-57-55-53-51-49-47-45-43-40-37-35-33-31-29-27-25-23-21-19-17-15-13-11-9-7-2/h25,27,76H,6-24,26,28-75H2,1-5H3/b27-25-. The van der Waals surface area contributed by atoms with E-state index in [1.165, 1.54) is 360 Å². The second-order valence-corrected chi connectivity index (χ2v) is 29.9. The van der Waals surface area contributed by atoms with Crippen LogP contribution in [0.4, 0.5) is 0 Å². The van der Waals surface area contributed by atoms with Crippen molar-refractivity contribution >= 4 is 19.8 Å². The van der Waals surface area contributed by atoms with E-state index in [0.717, 1.165) is 32.1 Å². The van der Waals surface area contributed by atoms with Crippen LogP contribution in [0.5, 0.6) is 0 Å². The Bertz CT molecular complexity index is 1490. The molecule has 2 unspecified atom stereocenters. The number of ether oxygens (including phenoxy) is 2. The van der Waals surface area contributed by atoms with Gasteiger partial charge in [-0.3, -0.25) is 14.2 Å². The van der Waals surface area contributed by atoms with Gasteiger partial charge in [-0.1, -0.05) is 386 Å². The van der Waals surface area contributed by atoms with Gasteiger partial charge in [-0.05, 0) is 38.5 Å². The molecule has 0 aliphatic rings. The van der Waals surface area contributed by atoms with E-state index in [4.69, 9.17) is 18.5 Å². The first-order valence-electron chi connectivity index (χ1n) is 39.4. The molecule has 0 aromatic heterocycles. The fourth-order valence-electron chi connectivity index (χ4n) is 12.2. The number of quaternary nitrogens is 1. The minimum Gasteiger partial charge on any atom is -0.756 e. The predicted molar refractivity (Wildman–Crippen MR) is 379 cm³/mol. The number of hydrogen-bond acceptors (Lipinski definition) is 8. The topological polar surface area (TPSA) is 111 Å². The van der Waals surface area contributed by atoms with E-state index in [-0.39, 0.29) is 32.0 Å². The molecule has 0 N–H and O–H groups in total. The Hall–Kier alpha value is -1.25. The lowest BCUT2D eigenvalue weighted by atomic mass is 10.0. The van der Waals surface area contributed by atoms with Crippen LogP contribution in [0, 0.1) is 0 Å². The zero-order valence-electron chi connectivity index (χ0n) is 60.0. The molecule has 0 aliphatic carbocycles. The monoisotopic (exact) mass is 1260 g/mol. The van der Waals surface area contributed by atoms with Crippen LogP contribution in [0.3, 0.4) is 0 Å². The van der Waals surface area contributed by atoms with Gasteiger partial charge in [0.25, 0.3) is 7.82 Å². The molecular weight excluding hydrogens is 1110 g/mol. The Morgan fingerprint density at radius 2 is 0.580 bits per heavy atom. The summed E-state index contributed by atoms with van der Waals surface area (Å²) in [5.41, 5.74) is 0. The second-order valence-electron chi connectivity index (χ2n) is 28.4. The van der Waals surface area contributed by atoms with Gasteiger partial charge < -0.3 is 27.9 Å². The molecule has 0 saturated carbocycles. The third-order valence-corrected chi connectivity index (χ3v) is 19.2. The van der Waals surface area contributed by atoms with Crippen LogP contribution in [0.15, 0.2) is 12.2 Å². The van der Waals surface area contributed by atoms with Gasteiger partial charge in [-0.15, -0.1) is 0 Å². The first kappa shape index (κ1) is 86.8. The smallest absolute Gasteiger partial charge is 0.306 e. The summed E-state index contributed by atoms with van der Waals surface area (Å²) >= 11 is 0. The van der Waals surface area contributed by atoms with Gasteiger partial charge in [0.1, 0.15) is 19.8 Å². The van der Waals surface area contributed by atoms with Crippen LogP contribution in [0.2, 0.25) is 0 Å². The lowest BCUT2D eigenvalue weighted by Gasteiger charge is -2.28. The third-order valence-electron chi connectivity index (χ3n) is 18.3. The Kier molecular flexibility index (Phi) is 69.1. The highest BCUT2D eigenvalue weighted by molar-refractivity contribution is 7.45. The molecule has 0 aliphatic heterocycles. The number of carbonyl (C=O) groups is 2. The molecule has 524 valence electrons. The van der Waals surface area contributed by atoms with E-state index in [1.54, 1.807) is 0 Å². The Labute approximate surface area is 549 Å². The molecular formula is C78H154NO8P. The SMILES string of the molecule is CCCCCCCCCC/C=C\CCCCCCCCCCCCCCCCCCCCCC(=O)OC(COC(=O)CCCCCCCCCCCCCCCCCCCCCCCCCCCCCCCCCCC)COP(=O)([O-])OCC[N+](C)(C)C. The molecule has 0 aromatic carbocycles. The van der Waals surface area contributed by atoms with E-state index in [0.29, 0.717) is 17.4 Å². The summed E-state index contributed by atoms with van der Waals surface area (Å²) < 4.78 is 34.4. The van der Waals surface area contributed by atoms with Crippen molar-refractivity contribution in [1.82, 2.24) is 0 Å². The van der Waals surface area contributed by atoms with Gasteiger partial charge in [-0.2, -0.15) is 0 Å². The average molecular weight is 1270 g/mol. The summed E-state index contributed by atoms with van der Waals surface area (Å²) in [5, 5.41) is 0. The van der Waals surface area contributed by atoms with Gasteiger partial charge >= 0.3 is 11.9 Å². The molecule has 0 heterocycles. The minimum absolute atomic E-state index is 0.0257. The van der Waals surface area contributed by atoms with E-state index in [2.05, 4.69) is 26.0 Å². The first-order chi connectivity index (χ1) is 43.0. The largest absolute Gasteiger partial charge is 0.756 e. The maximum Gasteiger partial charge on any atom is 0.306 e. The summed E-state index contributed by atoms with van der Waals surface area (Å²) in [7, 11) is 1.20. The van der Waals surface area contributed by atoms with Crippen LogP contribution < -0.4 is 4.89 Å². The van der Waals surface area contributed by atoms with E-state index < -0.39 is 26.5 Å². The van der Waals surface area contributed by atoms with Crippen molar-refractivity contribution in [3.63, 3.8) is 0 Å². The summed E-state index contributed by atoms with van der Waals surface area (Å²) in [4.78, 5) is 38.1. The molecule has 0 bridgehead atoms. The van der Waals surface area contributed by atoms with Gasteiger partial charge in [-0.25, -0.2) is 0 Å². The number of nitrogens with zero attached hydrogens (tertiary/aromatic N) is 1. The van der Waals surface area contributed by atoms with Crippen LogP contribution in [-0.4, -0.2) is 70.0 Å². The van der Waals surface area contributed by atoms with E-state index >= 15 is 0 Å². The van der Waals surface area contributed by atoms with E-state index in [1.807, 2.05) is 21.1 Å². The fourth-order valence-corrected chi connectivity index (χ4v) is 13.0. The third kappa shape index (κ3) is 73.8. The highest BCUT2D eigenvalue weighted by atomic mass is 31.2. The molecule has 0 fully saturated rings. The number of phosphoric acid groups is 1. The van der Waals surface area contributed by atoms with Crippen molar-refractivity contribution in [2.45, 2.75) is 431 Å². The summed E-state index contributed by atoms with van der Waals surface area (Å²) in [6.45, 7) is 4.34. The highest BCUT2D eigenvalue weighted by Crippen LogP contribution is 2.38. The van der Waals surface area contributed by atoms with Gasteiger partial charge in [0.05, 0.1) is 27.7 Å².